The lowest BCUT2D eigenvalue weighted by Crippen LogP contribution is -2.17. The molecule has 4 N–H and O–H groups in total. The topological polar surface area (TPSA) is 99.4 Å². The van der Waals surface area contributed by atoms with Crippen LogP contribution in [-0.4, -0.2) is 20.4 Å². The fraction of sp³-hybridized carbons (Fsp3) is 0.462. The first-order valence-corrected chi connectivity index (χ1v) is 31.6. The highest BCUT2D eigenvalue weighted by atomic mass is 79.9. The van der Waals surface area contributed by atoms with Crippen LogP contribution in [0.4, 0.5) is 0 Å². The summed E-state index contributed by atoms with van der Waals surface area (Å²) in [5, 5.41) is 52.0. The van der Waals surface area contributed by atoms with Crippen molar-refractivity contribution in [3.8, 4) is 34.5 Å². The highest BCUT2D eigenvalue weighted by Gasteiger charge is 2.31. The van der Waals surface area contributed by atoms with Gasteiger partial charge in [-0.05, 0) is 160 Å². The number of ether oxygens (including phenoxy) is 2. The van der Waals surface area contributed by atoms with Gasteiger partial charge in [-0.25, -0.2) is 0 Å². The second-order valence-electron chi connectivity index (χ2n) is 32.3. The number of hydrogen-bond donors (Lipinski definition) is 4. The van der Waals surface area contributed by atoms with Gasteiger partial charge in [-0.1, -0.05) is 230 Å². The predicted molar refractivity (Wildman–Crippen MR) is 356 cm³/mol. The van der Waals surface area contributed by atoms with Crippen molar-refractivity contribution in [3.05, 3.63) is 206 Å². The van der Waals surface area contributed by atoms with E-state index in [0.717, 1.165) is 121 Å². The molecule has 0 saturated heterocycles. The highest BCUT2D eigenvalue weighted by Crippen LogP contribution is 2.47. The fourth-order valence-electron chi connectivity index (χ4n) is 12.0. The maximum atomic E-state index is 13.0. The lowest BCUT2D eigenvalue weighted by molar-refractivity contribution is 0.292. The average Bonchev–Trinajstić information content (AvgIpc) is 1.70. The van der Waals surface area contributed by atoms with Gasteiger partial charge in [-0.2, -0.15) is 0 Å². The molecule has 0 atom stereocenters. The minimum absolute atomic E-state index is 0.192. The van der Waals surface area contributed by atoms with E-state index in [9.17, 15) is 20.4 Å². The third-order valence-corrected chi connectivity index (χ3v) is 18.9. The zero-order valence-electron chi connectivity index (χ0n) is 55.2. The third-order valence-electron chi connectivity index (χ3n) is 17.9. The van der Waals surface area contributed by atoms with Crippen molar-refractivity contribution >= 4 is 15.9 Å². The smallest absolute Gasteiger partial charge is 0.126 e. The van der Waals surface area contributed by atoms with Crippen molar-refractivity contribution in [2.75, 3.05) is 0 Å². The van der Waals surface area contributed by atoms with E-state index in [4.69, 9.17) is 9.47 Å². The largest absolute Gasteiger partial charge is 0.507 e. The number of fused-ring (bicyclic) bond motifs is 10. The lowest BCUT2D eigenvalue weighted by atomic mass is 9.79. The first-order valence-electron chi connectivity index (χ1n) is 30.9. The Kier molecular flexibility index (Phi) is 16.5. The molecule has 85 heavy (non-hydrogen) atoms. The second-order valence-corrected chi connectivity index (χ2v) is 33.1. The molecule has 2 aliphatic heterocycles. The Morgan fingerprint density at radius 1 is 0.247 bits per heavy atom. The van der Waals surface area contributed by atoms with Gasteiger partial charge in [0, 0.05) is 54.1 Å². The van der Waals surface area contributed by atoms with Crippen molar-refractivity contribution in [1.29, 1.82) is 0 Å². The molecule has 0 aromatic heterocycles. The van der Waals surface area contributed by atoms with Gasteiger partial charge in [-0.15, -0.1) is 0 Å². The highest BCUT2D eigenvalue weighted by molar-refractivity contribution is 9.10. The molecule has 7 aromatic carbocycles. The molecule has 7 heteroatoms. The molecule has 12 bridgehead atoms. The van der Waals surface area contributed by atoms with Crippen LogP contribution < -0.4 is 9.47 Å². The van der Waals surface area contributed by atoms with E-state index < -0.39 is 0 Å². The van der Waals surface area contributed by atoms with E-state index in [1.54, 1.807) is 0 Å². The standard InChI is InChI=1S/C78H97BrO6/c1-72(2,3)58-28-44-22-45-29-59(73(4,5)6)33-49(67(45)81)25-54-38-63(77(16,17)18)39-55-27-51-35-61(75(10,11)12)31-47(69(51)83)23-46-30-60(74(7,8)9)34-50(68(46)82)26-53-37-62(76(13,14)15)36-52(24-48(32-58)66(44)80)70(53)84-42-56-40-64(78(19,20)21)41-57(65(56)79)43-85-71(54)55/h28-41,80-83H,22-27,42-43H2,1-21H3. The number of phenolic OH excluding ortho intramolecular Hbond substituents is 4. The van der Waals surface area contributed by atoms with Crippen LogP contribution in [0.2, 0.25) is 0 Å². The Balaban J connectivity index is 1.49. The maximum Gasteiger partial charge on any atom is 0.126 e. The SMILES string of the molecule is CC(C)(C)c1cc2c(O)c(c1)Cc1cc(C(C)(C)C)cc3c1OCc1cc(C(C)(C)C)cc(c1Br)COc1c(cc(C(C)(C)C)cc1Cc1cc(C(C)(C)C)cc(c1O)Cc1cc(C(C)(C)C)cc(c1O)C3)Cc1cc(C(C)(C)C)cc(c1O)C2. The molecule has 0 amide bonds. The van der Waals surface area contributed by atoms with Gasteiger partial charge in [0.05, 0.1) is 0 Å². The molecule has 7 aromatic rings. The van der Waals surface area contributed by atoms with E-state index in [0.29, 0.717) is 37.2 Å². The van der Waals surface area contributed by atoms with Crippen LogP contribution in [0.5, 0.6) is 34.5 Å². The number of aromatic hydroxyl groups is 4. The minimum atomic E-state index is -0.300. The van der Waals surface area contributed by atoms with E-state index in [1.807, 2.05) is 0 Å². The number of benzene rings is 7. The zero-order chi connectivity index (χ0) is 62.6. The minimum Gasteiger partial charge on any atom is -0.507 e. The summed E-state index contributed by atoms with van der Waals surface area (Å²) < 4.78 is 15.8. The summed E-state index contributed by atoms with van der Waals surface area (Å²) in [6.45, 7) is 47.1. The molecular weight excluding hydrogens is 1110 g/mol. The van der Waals surface area contributed by atoms with Crippen LogP contribution in [0.3, 0.4) is 0 Å². The van der Waals surface area contributed by atoms with E-state index >= 15 is 0 Å². The molecule has 6 nitrogen and oxygen atoms in total. The van der Waals surface area contributed by atoms with E-state index in [-0.39, 0.29) is 87.0 Å². The van der Waals surface area contributed by atoms with Crippen LogP contribution in [0, 0.1) is 0 Å². The zero-order valence-corrected chi connectivity index (χ0v) is 56.8. The number of halogens is 1. The molecule has 9 rings (SSSR count). The summed E-state index contributed by atoms with van der Waals surface area (Å²) in [5.74, 6) is 2.16. The first kappa shape index (κ1) is 63.3. The van der Waals surface area contributed by atoms with Crippen molar-refractivity contribution < 1.29 is 29.9 Å². The number of rotatable bonds is 0. The molecule has 452 valence electrons. The van der Waals surface area contributed by atoms with Gasteiger partial charge in [0.2, 0.25) is 0 Å². The Bertz CT molecular complexity index is 3330. The first-order chi connectivity index (χ1) is 39.0. The normalized spacial score (nSPS) is 14.7. The van der Waals surface area contributed by atoms with Crippen LogP contribution in [0.15, 0.2) is 89.4 Å². The van der Waals surface area contributed by atoms with Gasteiger partial charge in [0.1, 0.15) is 47.7 Å². The Hall–Kier alpha value is -6.18. The van der Waals surface area contributed by atoms with E-state index in [1.165, 1.54) is 0 Å². The van der Waals surface area contributed by atoms with Crippen molar-refractivity contribution in [1.82, 2.24) is 0 Å². The summed E-state index contributed by atoms with van der Waals surface area (Å²) in [6.07, 6.45) is 1.95. The van der Waals surface area contributed by atoms with Gasteiger partial charge >= 0.3 is 0 Å². The summed E-state index contributed by atoms with van der Waals surface area (Å²) >= 11 is 4.17. The quantitative estimate of drug-likeness (QED) is 0.121. The van der Waals surface area contributed by atoms with Crippen LogP contribution in [0.25, 0.3) is 0 Å². The second kappa shape index (κ2) is 22.2. The molecule has 2 aliphatic rings. The van der Waals surface area contributed by atoms with Crippen LogP contribution in [-0.2, 0) is 89.6 Å². The van der Waals surface area contributed by atoms with Crippen LogP contribution in [0.1, 0.15) is 262 Å². The predicted octanol–water partition coefficient (Wildman–Crippen LogP) is 19.7. The van der Waals surface area contributed by atoms with Gasteiger partial charge in [0.25, 0.3) is 0 Å². The third kappa shape index (κ3) is 13.5. The lowest BCUT2D eigenvalue weighted by Gasteiger charge is -2.28. The Labute approximate surface area is 518 Å². The molecule has 0 spiro atoms. The Morgan fingerprint density at radius 3 is 0.553 bits per heavy atom. The van der Waals surface area contributed by atoms with Gasteiger partial charge in [0.15, 0.2) is 0 Å². The fourth-order valence-corrected chi connectivity index (χ4v) is 12.5. The number of phenols is 4. The summed E-state index contributed by atoms with van der Waals surface area (Å²) in [4.78, 5) is 0. The molecule has 0 aliphatic carbocycles. The van der Waals surface area contributed by atoms with Crippen molar-refractivity contribution in [2.24, 2.45) is 0 Å². The molecule has 0 saturated carbocycles. The molecule has 2 heterocycles. The van der Waals surface area contributed by atoms with Crippen molar-refractivity contribution in [2.45, 2.75) is 235 Å². The summed E-state index contributed by atoms with van der Waals surface area (Å²) in [6, 6.07) is 30.7. The van der Waals surface area contributed by atoms with Crippen molar-refractivity contribution in [3.63, 3.8) is 0 Å². The maximum absolute atomic E-state index is 13.0. The average molecular weight is 1210 g/mol. The summed E-state index contributed by atoms with van der Waals surface area (Å²) in [7, 11) is 0. The monoisotopic (exact) mass is 1210 g/mol. The molecular formula is C78H97BrO6. The number of hydrogen-bond acceptors (Lipinski definition) is 6. The molecule has 0 unspecified atom stereocenters. The molecule has 0 fully saturated rings. The van der Waals surface area contributed by atoms with E-state index in [2.05, 4.69) is 246 Å². The van der Waals surface area contributed by atoms with Gasteiger partial charge < -0.3 is 29.9 Å². The Morgan fingerprint density at radius 2 is 0.388 bits per heavy atom. The van der Waals surface area contributed by atoms with Crippen LogP contribution >= 0.6 is 15.9 Å². The molecule has 0 radical (unpaired) electrons. The van der Waals surface area contributed by atoms with Gasteiger partial charge in [-0.3, -0.25) is 0 Å². The summed E-state index contributed by atoms with van der Waals surface area (Å²) in [5.41, 5.74) is 17.2.